The van der Waals surface area contributed by atoms with Gasteiger partial charge in [-0.15, -0.1) is 0 Å². The number of fused-ring (bicyclic) bond motifs is 1. The summed E-state index contributed by atoms with van der Waals surface area (Å²) in [7, 11) is 0. The first kappa shape index (κ1) is 18.3. The molecule has 0 aliphatic carbocycles. The fourth-order valence-corrected chi connectivity index (χ4v) is 2.89. The third-order valence-electron chi connectivity index (χ3n) is 3.54. The normalized spacial score (nSPS) is 11.8. The molecule has 0 saturated heterocycles. The van der Waals surface area contributed by atoms with E-state index in [9.17, 15) is 22.4 Å². The van der Waals surface area contributed by atoms with Crippen LogP contribution >= 0.6 is 15.9 Å². The van der Waals surface area contributed by atoms with E-state index in [4.69, 9.17) is 0 Å². The van der Waals surface area contributed by atoms with Crippen LogP contribution < -0.4 is 5.32 Å². The van der Waals surface area contributed by atoms with Crippen LogP contribution in [-0.2, 0) is 6.18 Å². The molecule has 0 unspecified atom stereocenters. The lowest BCUT2D eigenvalue weighted by Gasteiger charge is -2.09. The number of benzene rings is 1. The quantitative estimate of drug-likeness (QED) is 0.608. The van der Waals surface area contributed by atoms with Crippen molar-refractivity contribution in [3.05, 3.63) is 57.2 Å². The Morgan fingerprint density at radius 3 is 2.58 bits per heavy atom. The third kappa shape index (κ3) is 3.28. The van der Waals surface area contributed by atoms with Crippen molar-refractivity contribution in [1.29, 1.82) is 0 Å². The molecular weight excluding hydrogens is 420 g/mol. The summed E-state index contributed by atoms with van der Waals surface area (Å²) < 4.78 is 54.0. The van der Waals surface area contributed by atoms with Gasteiger partial charge in [0.05, 0.1) is 10.2 Å². The summed E-state index contributed by atoms with van der Waals surface area (Å²) in [4.78, 5) is 16.4. The molecular formula is C16H11BrF4N4O. The smallest absolute Gasteiger partial charge is 0.318 e. The maximum absolute atomic E-state index is 13.8. The number of aryl methyl sites for hydroxylation is 2. The first-order valence-corrected chi connectivity index (χ1v) is 8.08. The summed E-state index contributed by atoms with van der Waals surface area (Å²) in [5.74, 6) is -1.54. The molecule has 0 radical (unpaired) electrons. The molecule has 0 aliphatic heterocycles. The topological polar surface area (TPSA) is 59.3 Å². The molecule has 0 atom stereocenters. The van der Waals surface area contributed by atoms with Gasteiger partial charge in [-0.3, -0.25) is 4.79 Å². The van der Waals surface area contributed by atoms with Crippen molar-refractivity contribution < 1.29 is 22.4 Å². The summed E-state index contributed by atoms with van der Waals surface area (Å²) in [6.07, 6.45) is -4.69. The molecule has 1 N–H and O–H groups in total. The molecule has 2 aromatic heterocycles. The van der Waals surface area contributed by atoms with Crippen molar-refractivity contribution in [2.45, 2.75) is 20.0 Å². The Kier molecular flexibility index (Phi) is 4.47. The lowest BCUT2D eigenvalue weighted by Crippen LogP contribution is -2.16. The third-order valence-corrected chi connectivity index (χ3v) is 4.27. The Hall–Kier alpha value is -2.49. The second-order valence-electron chi connectivity index (χ2n) is 5.62. The number of carbonyl (C=O) groups excluding carboxylic acids is 1. The monoisotopic (exact) mass is 430 g/mol. The zero-order valence-electron chi connectivity index (χ0n) is 13.4. The fourth-order valence-electron chi connectivity index (χ4n) is 2.38. The fraction of sp³-hybridized carbons (Fsp3) is 0.188. The van der Waals surface area contributed by atoms with Crippen molar-refractivity contribution in [2.24, 2.45) is 0 Å². The van der Waals surface area contributed by atoms with E-state index in [1.54, 1.807) is 6.92 Å². The van der Waals surface area contributed by atoms with Gasteiger partial charge >= 0.3 is 6.18 Å². The molecule has 1 aromatic carbocycles. The molecule has 0 saturated carbocycles. The zero-order valence-corrected chi connectivity index (χ0v) is 15.0. The predicted octanol–water partition coefficient (Wildman–Crippen LogP) is 4.52. The van der Waals surface area contributed by atoms with Crippen LogP contribution in [0.4, 0.5) is 23.2 Å². The Bertz CT molecular complexity index is 1030. The van der Waals surface area contributed by atoms with Crippen LogP contribution in [0, 0.1) is 19.7 Å². The van der Waals surface area contributed by atoms with E-state index in [2.05, 4.69) is 31.3 Å². The van der Waals surface area contributed by atoms with E-state index < -0.39 is 23.6 Å². The van der Waals surface area contributed by atoms with Crippen LogP contribution in [-0.4, -0.2) is 20.5 Å². The van der Waals surface area contributed by atoms with Crippen molar-refractivity contribution in [3.63, 3.8) is 0 Å². The maximum atomic E-state index is 13.8. The minimum atomic E-state index is -4.69. The van der Waals surface area contributed by atoms with Crippen LogP contribution in [0.1, 0.15) is 27.4 Å². The maximum Gasteiger partial charge on any atom is 0.433 e. The number of alkyl halides is 3. The van der Waals surface area contributed by atoms with E-state index in [1.165, 1.54) is 25.1 Å². The van der Waals surface area contributed by atoms with E-state index in [-0.39, 0.29) is 27.2 Å². The van der Waals surface area contributed by atoms with Crippen LogP contribution in [0.5, 0.6) is 0 Å². The van der Waals surface area contributed by atoms with Crippen molar-refractivity contribution in [3.8, 4) is 0 Å². The first-order valence-electron chi connectivity index (χ1n) is 7.28. The predicted molar refractivity (Wildman–Crippen MR) is 89.5 cm³/mol. The van der Waals surface area contributed by atoms with Crippen LogP contribution in [0.3, 0.4) is 0 Å². The van der Waals surface area contributed by atoms with E-state index in [1.807, 2.05) is 0 Å². The molecule has 0 fully saturated rings. The van der Waals surface area contributed by atoms with Gasteiger partial charge in [0, 0.05) is 5.69 Å². The number of carbonyl (C=O) groups is 1. The molecule has 0 spiro atoms. The number of amides is 1. The van der Waals surface area contributed by atoms with Gasteiger partial charge in [-0.1, -0.05) is 6.07 Å². The summed E-state index contributed by atoms with van der Waals surface area (Å²) in [6.45, 7) is 3.11. The van der Waals surface area contributed by atoms with Crippen molar-refractivity contribution in [2.75, 3.05) is 5.32 Å². The molecule has 3 aromatic rings. The highest BCUT2D eigenvalue weighted by molar-refractivity contribution is 9.10. The standard InChI is InChI=1S/C16H11BrF4N4O/c1-7-3-4-9(18)10(5-7)23-15(26)13-12(17)14-22-8(2)6-11(16(19,20)21)25(14)24-13/h3-6H,1-2H3,(H,23,26). The second kappa shape index (κ2) is 6.35. The summed E-state index contributed by atoms with van der Waals surface area (Å²) in [6, 6.07) is 4.93. The van der Waals surface area contributed by atoms with Crippen LogP contribution in [0.2, 0.25) is 0 Å². The van der Waals surface area contributed by atoms with Gasteiger partial charge in [0.15, 0.2) is 11.3 Å². The Morgan fingerprint density at radius 1 is 1.23 bits per heavy atom. The van der Waals surface area contributed by atoms with Crippen LogP contribution in [0.15, 0.2) is 28.7 Å². The number of rotatable bonds is 2. The average molecular weight is 431 g/mol. The van der Waals surface area contributed by atoms with E-state index in [0.717, 1.165) is 6.07 Å². The van der Waals surface area contributed by atoms with Gasteiger partial charge in [-0.25, -0.2) is 13.9 Å². The highest BCUT2D eigenvalue weighted by Crippen LogP contribution is 2.32. The molecule has 10 heteroatoms. The number of aromatic nitrogens is 3. The number of anilines is 1. The Balaban J connectivity index is 2.09. The number of nitrogens with zero attached hydrogens (tertiary/aromatic N) is 3. The molecule has 26 heavy (non-hydrogen) atoms. The van der Waals surface area contributed by atoms with Gasteiger partial charge in [0.25, 0.3) is 5.91 Å². The number of hydrogen-bond acceptors (Lipinski definition) is 3. The van der Waals surface area contributed by atoms with Crippen molar-refractivity contribution in [1.82, 2.24) is 14.6 Å². The summed E-state index contributed by atoms with van der Waals surface area (Å²) in [5, 5.41) is 6.03. The van der Waals surface area contributed by atoms with Gasteiger partial charge in [-0.2, -0.15) is 18.3 Å². The van der Waals surface area contributed by atoms with Gasteiger partial charge in [0.2, 0.25) is 0 Å². The molecule has 0 aliphatic rings. The molecule has 0 bridgehead atoms. The molecule has 1 amide bonds. The molecule has 5 nitrogen and oxygen atoms in total. The highest BCUT2D eigenvalue weighted by atomic mass is 79.9. The van der Waals surface area contributed by atoms with Crippen molar-refractivity contribution >= 4 is 33.2 Å². The number of nitrogens with one attached hydrogen (secondary N) is 1. The SMILES string of the molecule is Cc1ccc(F)c(NC(=O)c2nn3c(C(F)(F)F)cc(C)nc3c2Br)c1. The van der Waals surface area contributed by atoms with Gasteiger partial charge in [0.1, 0.15) is 11.5 Å². The lowest BCUT2D eigenvalue weighted by atomic mass is 10.2. The lowest BCUT2D eigenvalue weighted by molar-refractivity contribution is -0.142. The van der Waals surface area contributed by atoms with Gasteiger partial charge < -0.3 is 5.32 Å². The van der Waals surface area contributed by atoms with E-state index >= 15 is 0 Å². The Morgan fingerprint density at radius 2 is 1.92 bits per heavy atom. The largest absolute Gasteiger partial charge is 0.433 e. The average Bonchev–Trinajstić information content (AvgIpc) is 2.86. The molecule has 3 rings (SSSR count). The molecule has 136 valence electrons. The second-order valence-corrected chi connectivity index (χ2v) is 6.41. The minimum Gasteiger partial charge on any atom is -0.318 e. The van der Waals surface area contributed by atoms with Gasteiger partial charge in [-0.05, 0) is 53.5 Å². The van der Waals surface area contributed by atoms with Crippen LogP contribution in [0.25, 0.3) is 5.65 Å². The number of hydrogen-bond donors (Lipinski definition) is 1. The van der Waals surface area contributed by atoms with E-state index in [0.29, 0.717) is 10.1 Å². The Labute approximate surface area is 153 Å². The first-order chi connectivity index (χ1) is 12.1. The summed E-state index contributed by atoms with van der Waals surface area (Å²) >= 11 is 3.07. The minimum absolute atomic E-state index is 0.0164. The number of halogens is 5. The zero-order chi connectivity index (χ0) is 19.2. The molecule has 2 heterocycles. The summed E-state index contributed by atoms with van der Waals surface area (Å²) in [5.41, 5.74) is -0.850. The highest BCUT2D eigenvalue weighted by Gasteiger charge is 2.36.